The predicted octanol–water partition coefficient (Wildman–Crippen LogP) is 2.36. The van der Waals surface area contributed by atoms with Gasteiger partial charge in [0, 0.05) is 17.7 Å². The van der Waals surface area contributed by atoms with Crippen LogP contribution in [0.1, 0.15) is 11.1 Å². The van der Waals surface area contributed by atoms with E-state index in [2.05, 4.69) is 20.9 Å². The lowest BCUT2D eigenvalue weighted by molar-refractivity contribution is -0.385. The van der Waals surface area contributed by atoms with Crippen LogP contribution in [0.5, 0.6) is 0 Å². The van der Waals surface area contributed by atoms with Gasteiger partial charge in [-0.15, -0.1) is 4.73 Å². The summed E-state index contributed by atoms with van der Waals surface area (Å²) in [5, 5.41) is 29.2. The first-order valence-corrected chi connectivity index (χ1v) is 6.76. The standard InChI is InChI=1S/C6H5BrN2O2.C6H6N2O4/c1-4-2-5(9(10)11)3-8-6(4)7;1-4-2-5(8(11)12)3-7(10)6(4)9/h2-3H,1H3;2-3,10H,1H3. The van der Waals surface area contributed by atoms with E-state index in [-0.39, 0.29) is 21.7 Å². The fraction of sp³-hybridized carbons (Fsp3) is 0.167. The molecule has 10 nitrogen and oxygen atoms in total. The number of aromatic nitrogens is 2. The largest absolute Gasteiger partial charge is 0.425 e. The first kappa shape index (κ1) is 18.2. The van der Waals surface area contributed by atoms with Crippen LogP contribution in [0.2, 0.25) is 0 Å². The average molecular weight is 387 g/mol. The van der Waals surface area contributed by atoms with E-state index in [4.69, 9.17) is 5.21 Å². The number of nitrogens with zero attached hydrogens (tertiary/aromatic N) is 4. The Kier molecular flexibility index (Phi) is 5.90. The molecule has 2 heterocycles. The summed E-state index contributed by atoms with van der Waals surface area (Å²) in [5.41, 5.74) is -0.0493. The Bertz CT molecular complexity index is 793. The summed E-state index contributed by atoms with van der Waals surface area (Å²) < 4.78 is 0.844. The van der Waals surface area contributed by atoms with E-state index in [1.165, 1.54) is 19.2 Å². The van der Waals surface area contributed by atoms with Gasteiger partial charge in [0.25, 0.3) is 16.9 Å². The van der Waals surface area contributed by atoms with Crippen molar-refractivity contribution in [2.45, 2.75) is 13.8 Å². The minimum absolute atomic E-state index is 0.0192. The number of halogens is 1. The monoisotopic (exact) mass is 386 g/mol. The Labute approximate surface area is 137 Å². The Morgan fingerprint density at radius 3 is 2.09 bits per heavy atom. The minimum atomic E-state index is -0.681. The van der Waals surface area contributed by atoms with Crippen molar-refractivity contribution in [3.8, 4) is 0 Å². The van der Waals surface area contributed by atoms with Gasteiger partial charge in [0.05, 0.1) is 9.85 Å². The van der Waals surface area contributed by atoms with Crippen LogP contribution >= 0.6 is 15.9 Å². The molecule has 0 saturated heterocycles. The van der Waals surface area contributed by atoms with E-state index >= 15 is 0 Å². The summed E-state index contributed by atoms with van der Waals surface area (Å²) in [4.78, 5) is 33.9. The predicted molar refractivity (Wildman–Crippen MR) is 82.6 cm³/mol. The molecule has 0 spiro atoms. The summed E-state index contributed by atoms with van der Waals surface area (Å²) in [7, 11) is 0. The second-order valence-corrected chi connectivity index (χ2v) is 5.10. The fourth-order valence-corrected chi connectivity index (χ4v) is 1.65. The molecule has 0 saturated carbocycles. The molecule has 11 heteroatoms. The second-order valence-electron chi connectivity index (χ2n) is 4.35. The van der Waals surface area contributed by atoms with Crippen molar-refractivity contribution in [3.63, 3.8) is 0 Å². The van der Waals surface area contributed by atoms with Gasteiger partial charge in [0.2, 0.25) is 0 Å². The molecule has 0 bridgehead atoms. The lowest BCUT2D eigenvalue weighted by Gasteiger charge is -1.96. The molecule has 0 aliphatic rings. The lowest BCUT2D eigenvalue weighted by Crippen LogP contribution is -2.19. The summed E-state index contributed by atoms with van der Waals surface area (Å²) in [6.45, 7) is 3.14. The molecule has 0 radical (unpaired) electrons. The maximum Gasteiger partial charge on any atom is 0.289 e. The van der Waals surface area contributed by atoms with Crippen LogP contribution in [0.3, 0.4) is 0 Å². The molecule has 0 amide bonds. The molecule has 0 aliphatic carbocycles. The molecule has 0 unspecified atom stereocenters. The zero-order chi connectivity index (χ0) is 17.7. The van der Waals surface area contributed by atoms with E-state index in [1.54, 1.807) is 6.92 Å². The number of hydrogen-bond acceptors (Lipinski definition) is 7. The van der Waals surface area contributed by atoms with Crippen molar-refractivity contribution in [3.05, 3.63) is 70.8 Å². The van der Waals surface area contributed by atoms with Crippen molar-refractivity contribution in [2.75, 3.05) is 0 Å². The third kappa shape index (κ3) is 4.85. The van der Waals surface area contributed by atoms with E-state index in [9.17, 15) is 25.0 Å². The molecule has 122 valence electrons. The van der Waals surface area contributed by atoms with Crippen molar-refractivity contribution in [2.24, 2.45) is 0 Å². The second kappa shape index (κ2) is 7.45. The third-order valence-electron chi connectivity index (χ3n) is 2.59. The maximum absolute atomic E-state index is 10.8. The molecule has 0 fully saturated rings. The molecular weight excluding hydrogens is 376 g/mol. The van der Waals surface area contributed by atoms with Gasteiger partial charge >= 0.3 is 0 Å². The van der Waals surface area contributed by atoms with Gasteiger partial charge < -0.3 is 5.21 Å². The minimum Gasteiger partial charge on any atom is -0.425 e. The van der Waals surface area contributed by atoms with Crippen LogP contribution in [0.15, 0.2) is 33.9 Å². The summed E-state index contributed by atoms with van der Waals surface area (Å²) in [6, 6.07) is 2.58. The lowest BCUT2D eigenvalue weighted by atomic mass is 10.3. The maximum atomic E-state index is 10.8. The molecule has 2 aromatic heterocycles. The van der Waals surface area contributed by atoms with Crippen LogP contribution in [-0.2, 0) is 0 Å². The Morgan fingerprint density at radius 2 is 1.65 bits per heavy atom. The average Bonchev–Trinajstić information content (AvgIpc) is 2.47. The highest BCUT2D eigenvalue weighted by atomic mass is 79.9. The quantitative estimate of drug-likeness (QED) is 0.361. The number of pyridine rings is 2. The van der Waals surface area contributed by atoms with Crippen LogP contribution in [0.4, 0.5) is 11.4 Å². The van der Waals surface area contributed by atoms with E-state index in [0.717, 1.165) is 17.8 Å². The number of hydrogen-bond donors (Lipinski definition) is 1. The highest BCUT2D eigenvalue weighted by Gasteiger charge is 2.10. The van der Waals surface area contributed by atoms with Gasteiger partial charge in [0.1, 0.15) is 17.0 Å². The summed E-state index contributed by atoms with van der Waals surface area (Å²) in [6.07, 6.45) is 1.98. The van der Waals surface area contributed by atoms with Crippen molar-refractivity contribution >= 4 is 27.3 Å². The summed E-state index contributed by atoms with van der Waals surface area (Å²) in [5.74, 6) is 0. The highest BCUT2D eigenvalue weighted by Crippen LogP contribution is 2.17. The van der Waals surface area contributed by atoms with Gasteiger partial charge in [-0.2, -0.15) is 0 Å². The molecule has 1 N–H and O–H groups in total. The van der Waals surface area contributed by atoms with E-state index in [1.807, 2.05) is 0 Å². The Morgan fingerprint density at radius 1 is 1.13 bits per heavy atom. The van der Waals surface area contributed by atoms with E-state index < -0.39 is 15.4 Å². The molecule has 2 aromatic rings. The van der Waals surface area contributed by atoms with Crippen molar-refractivity contribution < 1.29 is 15.1 Å². The van der Waals surface area contributed by atoms with Gasteiger partial charge in [-0.25, -0.2) is 4.98 Å². The molecule has 2 rings (SSSR count). The van der Waals surface area contributed by atoms with Crippen LogP contribution in [0.25, 0.3) is 0 Å². The molecule has 0 aliphatic heterocycles. The first-order chi connectivity index (χ1) is 10.6. The fourth-order valence-electron chi connectivity index (χ4n) is 1.43. The Hall–Kier alpha value is -2.82. The van der Waals surface area contributed by atoms with Crippen LogP contribution in [0, 0.1) is 34.1 Å². The van der Waals surface area contributed by atoms with Crippen molar-refractivity contribution in [1.29, 1.82) is 0 Å². The van der Waals surface area contributed by atoms with Crippen molar-refractivity contribution in [1.82, 2.24) is 9.71 Å². The summed E-state index contributed by atoms with van der Waals surface area (Å²) >= 11 is 3.14. The Balaban J connectivity index is 0.000000231. The zero-order valence-electron chi connectivity index (χ0n) is 12.0. The van der Waals surface area contributed by atoms with Crippen LogP contribution in [-0.4, -0.2) is 24.8 Å². The number of rotatable bonds is 2. The molecular formula is C12H11BrN4O6. The highest BCUT2D eigenvalue weighted by molar-refractivity contribution is 9.10. The van der Waals surface area contributed by atoms with Gasteiger partial charge in [-0.1, -0.05) is 0 Å². The zero-order valence-corrected chi connectivity index (χ0v) is 13.6. The topological polar surface area (TPSA) is 141 Å². The SMILES string of the molecule is Cc1cc([N+](=O)[O-])cn(O)c1=O.Cc1cc([N+](=O)[O-])cnc1Br. The van der Waals surface area contributed by atoms with Gasteiger partial charge in [-0.3, -0.25) is 25.0 Å². The molecule has 0 aromatic carbocycles. The van der Waals surface area contributed by atoms with Gasteiger partial charge in [0.15, 0.2) is 0 Å². The number of aryl methyl sites for hydroxylation is 2. The molecule has 0 atom stereocenters. The normalized spacial score (nSPS) is 9.70. The first-order valence-electron chi connectivity index (χ1n) is 5.97. The smallest absolute Gasteiger partial charge is 0.289 e. The number of nitro groups is 2. The van der Waals surface area contributed by atoms with Crippen LogP contribution < -0.4 is 5.56 Å². The van der Waals surface area contributed by atoms with E-state index in [0.29, 0.717) is 4.60 Å². The third-order valence-corrected chi connectivity index (χ3v) is 3.42. The van der Waals surface area contributed by atoms with Gasteiger partial charge in [-0.05, 0) is 35.3 Å². The molecule has 23 heavy (non-hydrogen) atoms.